The maximum absolute atomic E-state index is 13.0. The number of nitrogens with zero attached hydrogens (tertiary/aromatic N) is 7. The molecule has 186 valence electrons. The Balaban J connectivity index is 0.00000304. The highest BCUT2D eigenvalue weighted by atomic mass is 35.5. The van der Waals surface area contributed by atoms with Gasteiger partial charge in [0.2, 0.25) is 11.6 Å². The number of nitrogens with one attached hydrogen (secondary N) is 1. The van der Waals surface area contributed by atoms with Gasteiger partial charge in [-0.05, 0) is 59.9 Å². The van der Waals surface area contributed by atoms with Gasteiger partial charge >= 0.3 is 0 Å². The number of benzene rings is 2. The fraction of sp³-hybridized carbons (Fsp3) is 0.250. The summed E-state index contributed by atoms with van der Waals surface area (Å²) in [7, 11) is 0. The van der Waals surface area contributed by atoms with Gasteiger partial charge in [-0.25, -0.2) is 10.1 Å². The fourth-order valence-corrected chi connectivity index (χ4v) is 4.07. The van der Waals surface area contributed by atoms with E-state index in [2.05, 4.69) is 48.2 Å². The van der Waals surface area contributed by atoms with Crippen LogP contribution in [0.5, 0.6) is 0 Å². The lowest BCUT2D eigenvalue weighted by atomic mass is 10.0. The van der Waals surface area contributed by atoms with Gasteiger partial charge < -0.3 is 5.73 Å². The molecule has 5 rings (SSSR count). The van der Waals surface area contributed by atoms with E-state index in [0.29, 0.717) is 18.0 Å². The van der Waals surface area contributed by atoms with Crippen molar-refractivity contribution in [3.8, 4) is 16.9 Å². The van der Waals surface area contributed by atoms with Crippen molar-refractivity contribution >= 4 is 29.8 Å². The summed E-state index contributed by atoms with van der Waals surface area (Å²) in [6.45, 7) is 4.15. The number of amides is 1. The molecular formula is C24H26ClN9O2. The molecular weight excluding hydrogens is 482 g/mol. The highest BCUT2D eigenvalue weighted by Gasteiger charge is 2.26. The van der Waals surface area contributed by atoms with Crippen molar-refractivity contribution in [1.29, 1.82) is 0 Å². The van der Waals surface area contributed by atoms with Gasteiger partial charge in [0, 0.05) is 6.54 Å². The Bertz CT molecular complexity index is 1340. The average molecular weight is 508 g/mol. The van der Waals surface area contributed by atoms with Crippen LogP contribution in [0.2, 0.25) is 0 Å². The molecule has 4 aromatic rings. The predicted octanol–water partition coefficient (Wildman–Crippen LogP) is 3.07. The zero-order valence-electron chi connectivity index (χ0n) is 19.7. The van der Waals surface area contributed by atoms with Crippen LogP contribution < -0.4 is 11.2 Å². The van der Waals surface area contributed by atoms with Gasteiger partial charge in [0.15, 0.2) is 5.69 Å². The largest absolute Gasteiger partial charge is 0.378 e. The highest BCUT2D eigenvalue weighted by molar-refractivity contribution is 6.01. The number of nitrogens with two attached hydrogens (primary N) is 1. The molecule has 2 aromatic heterocycles. The number of carbonyl (C=O) groups is 1. The maximum atomic E-state index is 13.0. The van der Waals surface area contributed by atoms with E-state index >= 15 is 0 Å². The monoisotopic (exact) mass is 507 g/mol. The Hall–Kier alpha value is -4.09. The third-order valence-corrected chi connectivity index (χ3v) is 5.98. The average Bonchev–Trinajstić information content (AvgIpc) is 3.65. The number of rotatable bonds is 7. The summed E-state index contributed by atoms with van der Waals surface area (Å²) < 4.78 is 6.11. The van der Waals surface area contributed by atoms with Crippen molar-refractivity contribution < 1.29 is 9.42 Å². The van der Waals surface area contributed by atoms with Crippen LogP contribution in [0.15, 0.2) is 64.3 Å². The van der Waals surface area contributed by atoms with Crippen molar-refractivity contribution in [3.05, 3.63) is 71.5 Å². The van der Waals surface area contributed by atoms with Crippen molar-refractivity contribution in [1.82, 2.24) is 35.6 Å². The number of hydrogen-bond acceptors (Lipinski definition) is 9. The molecule has 2 aromatic carbocycles. The molecule has 0 saturated carbocycles. The Kier molecular flexibility index (Phi) is 7.71. The van der Waals surface area contributed by atoms with E-state index < -0.39 is 5.91 Å². The van der Waals surface area contributed by atoms with E-state index in [1.54, 1.807) is 0 Å². The van der Waals surface area contributed by atoms with Crippen LogP contribution in [-0.2, 0) is 6.54 Å². The summed E-state index contributed by atoms with van der Waals surface area (Å²) in [5.74, 6) is -0.206. The number of anilines is 1. The van der Waals surface area contributed by atoms with Gasteiger partial charge in [-0.1, -0.05) is 59.8 Å². The molecule has 0 unspecified atom stereocenters. The van der Waals surface area contributed by atoms with Crippen molar-refractivity contribution in [3.63, 3.8) is 0 Å². The fourth-order valence-electron chi connectivity index (χ4n) is 4.07. The standard InChI is InChI=1S/C24H25N9O2.ClH/c1-16(17-9-11-19(12-10-17)18-7-3-2-4-8-18)26-28-24(34)21-20(15-32-13-5-6-14-32)33(31-27-21)23-22(25)29-35-30-23;/h2-4,7-12H,5-6,13-15H2,1H3,(H2,25,29)(H,28,34);1H/b26-16+;. The number of halogens is 1. The zero-order chi connectivity index (χ0) is 24.2. The first-order chi connectivity index (χ1) is 17.1. The van der Waals surface area contributed by atoms with Crippen molar-refractivity contribution in [2.24, 2.45) is 5.10 Å². The summed E-state index contributed by atoms with van der Waals surface area (Å²) in [4.78, 5) is 15.3. The van der Waals surface area contributed by atoms with Crippen LogP contribution in [0.3, 0.4) is 0 Å². The Morgan fingerprint density at radius 1 is 1.06 bits per heavy atom. The lowest BCUT2D eigenvalue weighted by Crippen LogP contribution is -2.26. The molecule has 1 aliphatic heterocycles. The molecule has 0 atom stereocenters. The number of aromatic nitrogens is 5. The molecule has 0 bridgehead atoms. The third kappa shape index (κ3) is 5.26. The second-order valence-corrected chi connectivity index (χ2v) is 8.33. The van der Waals surface area contributed by atoms with Crippen molar-refractivity contribution in [2.45, 2.75) is 26.3 Å². The van der Waals surface area contributed by atoms with Crippen LogP contribution in [0.1, 0.15) is 41.5 Å². The molecule has 12 heteroatoms. The van der Waals surface area contributed by atoms with Crippen LogP contribution in [0.4, 0.5) is 5.82 Å². The predicted molar refractivity (Wildman–Crippen MR) is 137 cm³/mol. The van der Waals surface area contributed by atoms with Crippen LogP contribution in [0, 0.1) is 0 Å². The van der Waals surface area contributed by atoms with Gasteiger partial charge in [-0.3, -0.25) is 9.69 Å². The quantitative estimate of drug-likeness (QED) is 0.287. The highest BCUT2D eigenvalue weighted by Crippen LogP contribution is 2.21. The van der Waals surface area contributed by atoms with E-state index in [-0.39, 0.29) is 29.7 Å². The normalized spacial score (nSPS) is 14.0. The van der Waals surface area contributed by atoms with E-state index in [4.69, 9.17) is 10.4 Å². The maximum Gasteiger partial charge on any atom is 0.293 e. The first-order valence-electron chi connectivity index (χ1n) is 11.4. The molecule has 1 aliphatic rings. The summed E-state index contributed by atoms with van der Waals surface area (Å²) in [5, 5.41) is 19.9. The second kappa shape index (κ2) is 11.1. The zero-order valence-corrected chi connectivity index (χ0v) is 20.5. The molecule has 0 aliphatic carbocycles. The lowest BCUT2D eigenvalue weighted by Gasteiger charge is -2.15. The summed E-state index contributed by atoms with van der Waals surface area (Å²) in [5.41, 5.74) is 13.0. The molecule has 1 amide bonds. The van der Waals surface area contributed by atoms with E-state index in [1.165, 1.54) is 4.68 Å². The minimum absolute atomic E-state index is 0. The summed E-state index contributed by atoms with van der Waals surface area (Å²) >= 11 is 0. The minimum Gasteiger partial charge on any atom is -0.378 e. The SMILES string of the molecule is C/C(=N\NC(=O)c1nnn(-c2nonc2N)c1CN1CCCC1)c1ccc(-c2ccccc2)cc1.Cl. The number of likely N-dealkylation sites (tertiary alicyclic amines) is 1. The van der Waals surface area contributed by atoms with Gasteiger partial charge in [-0.2, -0.15) is 9.78 Å². The third-order valence-electron chi connectivity index (χ3n) is 5.98. The van der Waals surface area contributed by atoms with Crippen LogP contribution in [0.25, 0.3) is 16.9 Å². The summed E-state index contributed by atoms with van der Waals surface area (Å²) in [6.07, 6.45) is 2.20. The molecule has 3 N–H and O–H groups in total. The Labute approximate surface area is 213 Å². The van der Waals surface area contributed by atoms with Crippen molar-refractivity contribution in [2.75, 3.05) is 18.8 Å². The molecule has 11 nitrogen and oxygen atoms in total. The first kappa shape index (κ1) is 25.0. The van der Waals surface area contributed by atoms with Gasteiger partial charge in [0.25, 0.3) is 5.91 Å². The number of carbonyl (C=O) groups excluding carboxylic acids is 1. The topological polar surface area (TPSA) is 140 Å². The number of hydrazone groups is 1. The lowest BCUT2D eigenvalue weighted by molar-refractivity contribution is 0.0947. The smallest absolute Gasteiger partial charge is 0.293 e. The summed E-state index contributed by atoms with van der Waals surface area (Å²) in [6, 6.07) is 18.1. The van der Waals surface area contributed by atoms with E-state index in [1.807, 2.05) is 49.4 Å². The van der Waals surface area contributed by atoms with Gasteiger partial charge in [0.1, 0.15) is 0 Å². The molecule has 1 fully saturated rings. The molecule has 0 spiro atoms. The van der Waals surface area contributed by atoms with Gasteiger partial charge in [0.05, 0.1) is 11.4 Å². The minimum atomic E-state index is -0.472. The molecule has 36 heavy (non-hydrogen) atoms. The Morgan fingerprint density at radius 2 is 1.75 bits per heavy atom. The number of hydrogen-bond donors (Lipinski definition) is 2. The van der Waals surface area contributed by atoms with Crippen LogP contribution in [-0.4, -0.2) is 54.9 Å². The molecule has 0 radical (unpaired) electrons. The number of nitrogen functional groups attached to an aromatic ring is 1. The van der Waals surface area contributed by atoms with E-state index in [9.17, 15) is 4.79 Å². The molecule has 1 saturated heterocycles. The van der Waals surface area contributed by atoms with Crippen LogP contribution >= 0.6 is 12.4 Å². The second-order valence-electron chi connectivity index (χ2n) is 8.33. The Morgan fingerprint density at radius 3 is 2.42 bits per heavy atom. The van der Waals surface area contributed by atoms with E-state index in [0.717, 1.165) is 42.6 Å². The van der Waals surface area contributed by atoms with Gasteiger partial charge in [-0.15, -0.1) is 17.5 Å². The first-order valence-corrected chi connectivity index (χ1v) is 11.4. The molecule has 3 heterocycles.